The molecule has 0 aliphatic heterocycles. The zero-order valence-electron chi connectivity index (χ0n) is 16.9. The molecule has 14 heteroatoms. The number of aromatic nitrogens is 4. The molecule has 0 saturated heterocycles. The van der Waals surface area contributed by atoms with E-state index >= 15 is 0 Å². The first-order chi connectivity index (χ1) is 15.6. The average molecular weight is 566 g/mol. The number of anilines is 3. The van der Waals surface area contributed by atoms with Crippen LogP contribution in [0.1, 0.15) is 28.9 Å². The summed E-state index contributed by atoms with van der Waals surface area (Å²) in [7, 11) is 0. The lowest BCUT2D eigenvalue weighted by Gasteiger charge is -2.14. The summed E-state index contributed by atoms with van der Waals surface area (Å²) >= 11 is 2.03. The van der Waals surface area contributed by atoms with Crippen molar-refractivity contribution >= 4 is 69.1 Å². The Balaban J connectivity index is 1.68. The Hall–Kier alpha value is -3.82. The first kappa shape index (κ1) is 23.8. The summed E-state index contributed by atoms with van der Waals surface area (Å²) in [6.45, 7) is 0.296. The fraction of sp³-hybridized carbons (Fsp3) is 0.211. The SMILES string of the molecule is Nc1nc(N)c2nc(CNc3ccc(C(=O)NC(CCC(=O)O)C(=O)O)cc3I)cnc2n1. The van der Waals surface area contributed by atoms with Crippen LogP contribution in [0.25, 0.3) is 11.2 Å². The zero-order valence-corrected chi connectivity index (χ0v) is 19.1. The highest BCUT2D eigenvalue weighted by molar-refractivity contribution is 14.1. The van der Waals surface area contributed by atoms with Crippen molar-refractivity contribution in [3.63, 3.8) is 0 Å². The van der Waals surface area contributed by atoms with Gasteiger partial charge in [-0.2, -0.15) is 9.97 Å². The molecule has 0 spiro atoms. The van der Waals surface area contributed by atoms with Gasteiger partial charge in [-0.1, -0.05) is 0 Å². The second-order valence-electron chi connectivity index (χ2n) is 6.85. The van der Waals surface area contributed by atoms with Crippen molar-refractivity contribution in [1.29, 1.82) is 0 Å². The van der Waals surface area contributed by atoms with E-state index in [0.717, 1.165) is 0 Å². The number of hydrogen-bond acceptors (Lipinski definition) is 10. The normalized spacial score (nSPS) is 11.7. The Labute approximate surface area is 200 Å². The second kappa shape index (κ2) is 10.2. The van der Waals surface area contributed by atoms with E-state index < -0.39 is 23.9 Å². The van der Waals surface area contributed by atoms with E-state index in [2.05, 4.69) is 30.6 Å². The summed E-state index contributed by atoms with van der Waals surface area (Å²) in [6, 6.07) is 3.46. The van der Waals surface area contributed by atoms with Gasteiger partial charge in [0, 0.05) is 21.2 Å². The third-order valence-corrected chi connectivity index (χ3v) is 5.34. The number of carbonyl (C=O) groups is 3. The van der Waals surface area contributed by atoms with E-state index in [1.165, 1.54) is 12.3 Å². The van der Waals surface area contributed by atoms with E-state index in [0.29, 0.717) is 27.0 Å². The van der Waals surface area contributed by atoms with Crippen molar-refractivity contribution < 1.29 is 24.6 Å². The molecule has 0 aliphatic carbocycles. The van der Waals surface area contributed by atoms with Gasteiger partial charge in [0.25, 0.3) is 5.91 Å². The summed E-state index contributed by atoms with van der Waals surface area (Å²) in [5.74, 6) is -2.93. The molecule has 1 atom stereocenters. The number of rotatable bonds is 9. The fourth-order valence-corrected chi connectivity index (χ4v) is 3.53. The molecule has 2 heterocycles. The number of amides is 1. The number of benzene rings is 1. The molecular weight excluding hydrogens is 547 g/mol. The first-order valence-electron chi connectivity index (χ1n) is 9.47. The summed E-state index contributed by atoms with van der Waals surface area (Å²) in [5, 5.41) is 23.5. The monoisotopic (exact) mass is 566 g/mol. The molecule has 13 nitrogen and oxygen atoms in total. The molecule has 172 valence electrons. The number of halogens is 1. The van der Waals surface area contributed by atoms with E-state index in [1.807, 2.05) is 22.6 Å². The van der Waals surface area contributed by atoms with Gasteiger partial charge in [0.05, 0.1) is 18.4 Å². The summed E-state index contributed by atoms with van der Waals surface area (Å²) in [4.78, 5) is 50.8. The molecule has 3 aromatic rings. The van der Waals surface area contributed by atoms with Gasteiger partial charge in [-0.3, -0.25) is 9.59 Å². The maximum Gasteiger partial charge on any atom is 0.326 e. The molecule has 0 bridgehead atoms. The molecule has 1 unspecified atom stereocenters. The van der Waals surface area contributed by atoms with Crippen LogP contribution in [-0.4, -0.2) is 54.0 Å². The number of carbonyl (C=O) groups excluding carboxylic acids is 1. The number of nitrogens with two attached hydrogens (primary N) is 2. The topological polar surface area (TPSA) is 219 Å². The number of aliphatic carboxylic acids is 2. The largest absolute Gasteiger partial charge is 0.481 e. The summed E-state index contributed by atoms with van der Waals surface area (Å²) in [5.41, 5.74) is 13.5. The van der Waals surface area contributed by atoms with Gasteiger partial charge >= 0.3 is 11.9 Å². The van der Waals surface area contributed by atoms with Crippen LogP contribution in [0.5, 0.6) is 0 Å². The molecule has 0 radical (unpaired) electrons. The molecule has 0 saturated carbocycles. The lowest BCUT2D eigenvalue weighted by Crippen LogP contribution is -2.41. The Morgan fingerprint density at radius 3 is 2.55 bits per heavy atom. The summed E-state index contributed by atoms with van der Waals surface area (Å²) in [6.07, 6.45) is 0.932. The van der Waals surface area contributed by atoms with E-state index in [4.69, 9.17) is 16.6 Å². The number of carboxylic acid groups (broad SMARTS) is 2. The minimum Gasteiger partial charge on any atom is -0.481 e. The minimum atomic E-state index is -1.30. The Morgan fingerprint density at radius 1 is 1.12 bits per heavy atom. The second-order valence-corrected chi connectivity index (χ2v) is 8.01. The van der Waals surface area contributed by atoms with E-state index in [-0.39, 0.29) is 35.8 Å². The molecule has 0 fully saturated rings. The highest BCUT2D eigenvalue weighted by atomic mass is 127. The fourth-order valence-electron chi connectivity index (χ4n) is 2.82. The van der Waals surface area contributed by atoms with Crippen molar-refractivity contribution in [1.82, 2.24) is 25.3 Å². The minimum absolute atomic E-state index is 0.00964. The van der Waals surface area contributed by atoms with Gasteiger partial charge in [0.2, 0.25) is 5.95 Å². The van der Waals surface area contributed by atoms with Crippen LogP contribution in [0.15, 0.2) is 24.4 Å². The van der Waals surface area contributed by atoms with Crippen LogP contribution in [0.4, 0.5) is 17.5 Å². The highest BCUT2D eigenvalue weighted by Crippen LogP contribution is 2.21. The van der Waals surface area contributed by atoms with Gasteiger partial charge in [-0.25, -0.2) is 14.8 Å². The maximum atomic E-state index is 12.4. The standard InChI is InChI=1S/C19H19IN8O5/c20-10-5-8(17(31)26-12(18(32)33)3-4-13(29)30)1-2-11(10)23-6-9-7-24-16-14(25-9)15(21)27-19(22)28-16/h1-2,5,7,12,23H,3-4,6H2,(H,26,31)(H,29,30)(H,32,33)(H4,21,22,24,27,28). The molecule has 3 rings (SSSR count). The van der Waals surface area contributed by atoms with Crippen LogP contribution >= 0.6 is 22.6 Å². The van der Waals surface area contributed by atoms with Crippen LogP contribution in [0.3, 0.4) is 0 Å². The summed E-state index contributed by atoms with van der Waals surface area (Å²) < 4.78 is 0.696. The number of nitrogens with one attached hydrogen (secondary N) is 2. The zero-order chi connectivity index (χ0) is 24.1. The maximum absolute atomic E-state index is 12.4. The number of nitrogens with zero attached hydrogens (tertiary/aromatic N) is 4. The molecule has 1 amide bonds. The first-order valence-corrected chi connectivity index (χ1v) is 10.6. The van der Waals surface area contributed by atoms with Crippen LogP contribution in [0, 0.1) is 3.57 Å². The van der Waals surface area contributed by atoms with Crippen molar-refractivity contribution in [2.75, 3.05) is 16.8 Å². The molecule has 2 aromatic heterocycles. The predicted molar refractivity (Wildman–Crippen MR) is 126 cm³/mol. The van der Waals surface area contributed by atoms with Gasteiger partial charge in [0.15, 0.2) is 17.0 Å². The van der Waals surface area contributed by atoms with Gasteiger partial charge < -0.3 is 32.3 Å². The van der Waals surface area contributed by atoms with Gasteiger partial charge in [-0.05, 0) is 47.2 Å². The smallest absolute Gasteiger partial charge is 0.326 e. The predicted octanol–water partition coefficient (Wildman–Crippen LogP) is 0.849. The van der Waals surface area contributed by atoms with Crippen LogP contribution < -0.4 is 22.1 Å². The number of fused-ring (bicyclic) bond motifs is 1. The van der Waals surface area contributed by atoms with Crippen molar-refractivity contribution in [2.24, 2.45) is 0 Å². The number of hydrogen-bond donors (Lipinski definition) is 6. The lowest BCUT2D eigenvalue weighted by atomic mass is 10.1. The average Bonchev–Trinajstić information content (AvgIpc) is 2.75. The Bertz CT molecular complexity index is 1240. The van der Waals surface area contributed by atoms with E-state index in [9.17, 15) is 19.5 Å². The third kappa shape index (κ3) is 6.12. The van der Waals surface area contributed by atoms with Gasteiger partial charge in [-0.15, -0.1) is 0 Å². The quantitative estimate of drug-likeness (QED) is 0.199. The van der Waals surface area contributed by atoms with Crippen LogP contribution in [0.2, 0.25) is 0 Å². The Kier molecular flexibility index (Phi) is 7.37. The molecular formula is C19H19IN8O5. The highest BCUT2D eigenvalue weighted by Gasteiger charge is 2.22. The number of nitrogen functional groups attached to an aromatic ring is 2. The van der Waals surface area contributed by atoms with Crippen LogP contribution in [-0.2, 0) is 16.1 Å². The Morgan fingerprint density at radius 2 is 1.88 bits per heavy atom. The molecule has 0 aliphatic rings. The van der Waals surface area contributed by atoms with Crippen molar-refractivity contribution in [3.05, 3.63) is 39.2 Å². The van der Waals surface area contributed by atoms with Gasteiger partial charge in [0.1, 0.15) is 6.04 Å². The number of carboxylic acids is 2. The van der Waals surface area contributed by atoms with Crippen molar-refractivity contribution in [3.8, 4) is 0 Å². The molecule has 8 N–H and O–H groups in total. The van der Waals surface area contributed by atoms with E-state index in [1.54, 1.807) is 12.1 Å². The van der Waals surface area contributed by atoms with Crippen molar-refractivity contribution in [2.45, 2.75) is 25.4 Å². The molecule has 33 heavy (non-hydrogen) atoms. The third-order valence-electron chi connectivity index (χ3n) is 4.44. The molecule has 1 aromatic carbocycles. The lowest BCUT2D eigenvalue weighted by molar-refractivity contribution is -0.140.